The summed E-state index contributed by atoms with van der Waals surface area (Å²) < 4.78 is 13.1. The highest BCUT2D eigenvalue weighted by atomic mass is 16.5. The van der Waals surface area contributed by atoms with E-state index in [1.54, 1.807) is 0 Å². The second kappa shape index (κ2) is 41.3. The third-order valence-corrected chi connectivity index (χ3v) is 12.5. The van der Waals surface area contributed by atoms with Crippen molar-refractivity contribution >= 4 is 0 Å². The Bertz CT molecular complexity index is 959. The molecule has 0 radical (unpaired) electrons. The minimum absolute atomic E-state index is 0.323. The minimum atomic E-state index is -0.580. The molecule has 4 N–H and O–H groups in total. The molecule has 0 aromatic carbocycles. The van der Waals surface area contributed by atoms with E-state index in [1.165, 1.54) is 167 Å². The summed E-state index contributed by atoms with van der Waals surface area (Å²) in [5, 5.41) is 43.6. The number of allylic oxidation sites excluding steroid dienone is 4. The molecule has 0 rings (SSSR count). The molecular weight excluding hydrogens is 787 g/mol. The first-order valence-corrected chi connectivity index (χ1v) is 26.7. The Morgan fingerprint density at radius 1 is 0.317 bits per heavy atom. The molecule has 4 unspecified atom stereocenters. The predicted octanol–water partition coefficient (Wildman–Crippen LogP) is 10.8. The number of unbranched alkanes of at least 4 members (excludes halogenated alkanes) is 24. The maximum Gasteiger partial charge on any atom is 0.152 e. The second-order valence-electron chi connectivity index (χ2n) is 21.5. The Labute approximate surface area is 392 Å². The lowest BCUT2D eigenvalue weighted by Crippen LogP contribution is -2.58. The van der Waals surface area contributed by atoms with Crippen molar-refractivity contribution in [1.82, 2.24) is 0 Å². The SMILES string of the molecule is CCCCCCCC/C=C/CCCCCCCCOCC(O)C[N+](C)(C)CC(O)C[N+](C)(C)CC(O)C[N+](C)(C)CC(O)COCCCCCCCC/C=C/CCCCCCCC. The van der Waals surface area contributed by atoms with Gasteiger partial charge >= 0.3 is 0 Å². The predicted molar refractivity (Wildman–Crippen MR) is 270 cm³/mol. The first kappa shape index (κ1) is 62.1. The van der Waals surface area contributed by atoms with Crippen molar-refractivity contribution < 1.29 is 43.3 Å². The van der Waals surface area contributed by atoms with Crippen LogP contribution in [0.3, 0.4) is 0 Å². The van der Waals surface area contributed by atoms with Gasteiger partial charge in [0.05, 0.1) is 55.5 Å². The van der Waals surface area contributed by atoms with Crippen LogP contribution in [0, 0.1) is 0 Å². The molecule has 4 atom stereocenters. The third kappa shape index (κ3) is 44.7. The van der Waals surface area contributed by atoms with Crippen molar-refractivity contribution in [1.29, 1.82) is 0 Å². The largest absolute Gasteiger partial charge is 0.385 e. The Balaban J connectivity index is 4.03. The van der Waals surface area contributed by atoms with Gasteiger partial charge in [-0.05, 0) is 64.2 Å². The molecule has 9 nitrogen and oxygen atoms in total. The fourth-order valence-corrected chi connectivity index (χ4v) is 9.21. The van der Waals surface area contributed by atoms with Crippen molar-refractivity contribution in [3.8, 4) is 0 Å². The van der Waals surface area contributed by atoms with Gasteiger partial charge in [-0.1, -0.05) is 154 Å². The van der Waals surface area contributed by atoms with Gasteiger partial charge in [0, 0.05) is 13.2 Å². The number of aliphatic hydroxyl groups is 4. The van der Waals surface area contributed by atoms with Gasteiger partial charge in [0.25, 0.3) is 0 Å². The molecule has 0 aliphatic rings. The Morgan fingerprint density at radius 3 is 0.810 bits per heavy atom. The zero-order valence-electron chi connectivity index (χ0n) is 43.4. The number of likely N-dealkylation sites (N-methyl/N-ethyl adjacent to an activating group) is 3. The van der Waals surface area contributed by atoms with Crippen LogP contribution in [0.5, 0.6) is 0 Å². The van der Waals surface area contributed by atoms with Crippen LogP contribution >= 0.6 is 0 Å². The minimum Gasteiger partial charge on any atom is -0.385 e. The van der Waals surface area contributed by atoms with Crippen LogP contribution < -0.4 is 0 Å². The molecule has 0 fully saturated rings. The van der Waals surface area contributed by atoms with E-state index < -0.39 is 24.4 Å². The molecule has 0 aromatic heterocycles. The molecule has 376 valence electrons. The Hall–Kier alpha value is -0.880. The zero-order valence-corrected chi connectivity index (χ0v) is 43.4. The van der Waals surface area contributed by atoms with Crippen molar-refractivity contribution in [3.63, 3.8) is 0 Å². The first-order valence-electron chi connectivity index (χ1n) is 26.7. The van der Waals surface area contributed by atoms with Crippen molar-refractivity contribution in [2.24, 2.45) is 0 Å². The van der Waals surface area contributed by atoms with Gasteiger partial charge in [0.15, 0.2) is 12.2 Å². The summed E-state index contributed by atoms with van der Waals surface area (Å²) in [7, 11) is 12.3. The molecule has 9 heteroatoms. The summed E-state index contributed by atoms with van der Waals surface area (Å²) in [5.41, 5.74) is 0. The van der Waals surface area contributed by atoms with E-state index in [2.05, 4.69) is 38.2 Å². The monoisotopic (exact) mass is 899 g/mol. The van der Waals surface area contributed by atoms with Crippen LogP contribution in [-0.2, 0) is 9.47 Å². The topological polar surface area (TPSA) is 99.4 Å². The number of hydrogen-bond acceptors (Lipinski definition) is 6. The standard InChI is InChI=1S/C54H112N3O6/c1-9-11-13-15-17-19-21-23-25-27-29-31-33-35-37-39-41-62-49-53(60)47-56(5,6)45-51(58)43-55(3,4)44-52(59)46-57(7,8)48-54(61)50-63-42-40-38-36-34-32-30-28-26-24-22-20-18-16-14-12-10-2/h23-26,51-54,58-61H,9-22,27-50H2,1-8H3/q+3/b25-23+,26-24+. The van der Waals surface area contributed by atoms with Gasteiger partial charge < -0.3 is 43.3 Å². The van der Waals surface area contributed by atoms with Gasteiger partial charge in [-0.15, -0.1) is 0 Å². The highest BCUT2D eigenvalue weighted by Gasteiger charge is 2.33. The smallest absolute Gasteiger partial charge is 0.152 e. The molecular formula is C54H112N3O6+3. The molecule has 0 bridgehead atoms. The third-order valence-electron chi connectivity index (χ3n) is 12.5. The highest BCUT2D eigenvalue weighted by molar-refractivity contribution is 4.82. The summed E-state index contributed by atoms with van der Waals surface area (Å²) in [5.74, 6) is 0. The van der Waals surface area contributed by atoms with E-state index in [1.807, 2.05) is 42.3 Å². The number of quaternary nitrogens is 3. The van der Waals surface area contributed by atoms with Gasteiger partial charge in [-0.25, -0.2) is 0 Å². The summed E-state index contributed by atoms with van der Waals surface area (Å²) in [6, 6.07) is 0. The molecule has 0 aliphatic heterocycles. The van der Waals surface area contributed by atoms with E-state index in [0.29, 0.717) is 79.1 Å². The fourth-order valence-electron chi connectivity index (χ4n) is 9.21. The van der Waals surface area contributed by atoms with Gasteiger partial charge in [-0.3, -0.25) is 0 Å². The lowest BCUT2D eigenvalue weighted by molar-refractivity contribution is -0.925. The van der Waals surface area contributed by atoms with E-state index in [4.69, 9.17) is 9.47 Å². The zero-order chi connectivity index (χ0) is 46.9. The van der Waals surface area contributed by atoms with Gasteiger partial charge in [-0.2, -0.15) is 0 Å². The van der Waals surface area contributed by atoms with E-state index in [0.717, 1.165) is 12.8 Å². The number of nitrogens with zero attached hydrogens (tertiary/aromatic N) is 3. The maximum absolute atomic E-state index is 11.1. The van der Waals surface area contributed by atoms with Crippen LogP contribution in [0.15, 0.2) is 24.3 Å². The van der Waals surface area contributed by atoms with E-state index in [-0.39, 0.29) is 0 Å². The molecule has 63 heavy (non-hydrogen) atoms. The molecule has 0 amide bonds. The Morgan fingerprint density at radius 2 is 0.540 bits per heavy atom. The summed E-state index contributed by atoms with van der Waals surface area (Å²) >= 11 is 0. The molecule has 0 saturated carbocycles. The molecule has 0 saturated heterocycles. The molecule has 0 aromatic rings. The van der Waals surface area contributed by atoms with E-state index in [9.17, 15) is 20.4 Å². The number of ether oxygens (including phenoxy) is 2. The lowest BCUT2D eigenvalue weighted by atomic mass is 10.1. The van der Waals surface area contributed by atoms with Crippen LogP contribution in [0.25, 0.3) is 0 Å². The maximum atomic E-state index is 11.1. The van der Waals surface area contributed by atoms with Crippen molar-refractivity contribution in [3.05, 3.63) is 24.3 Å². The average molecular weight is 900 g/mol. The summed E-state index contributed by atoms with van der Waals surface area (Å²) in [6.07, 6.45) is 43.2. The normalized spacial score (nSPS) is 14.9. The van der Waals surface area contributed by atoms with Gasteiger partial charge in [0.1, 0.15) is 51.5 Å². The van der Waals surface area contributed by atoms with Crippen LogP contribution in [-0.4, -0.2) is 166 Å². The second-order valence-corrected chi connectivity index (χ2v) is 21.5. The summed E-state index contributed by atoms with van der Waals surface area (Å²) in [4.78, 5) is 0. The Kier molecular flexibility index (Phi) is 40.7. The average Bonchev–Trinajstić information content (AvgIpc) is 3.18. The molecule has 0 spiro atoms. The molecule has 0 aliphatic carbocycles. The number of aliphatic hydroxyl groups excluding tert-OH is 4. The van der Waals surface area contributed by atoms with Crippen LogP contribution in [0.4, 0.5) is 0 Å². The van der Waals surface area contributed by atoms with Crippen LogP contribution in [0.2, 0.25) is 0 Å². The first-order chi connectivity index (χ1) is 30.1. The number of rotatable bonds is 48. The quantitative estimate of drug-likeness (QED) is 0.0276. The molecule has 0 heterocycles. The van der Waals surface area contributed by atoms with Crippen molar-refractivity contribution in [2.45, 2.75) is 218 Å². The highest BCUT2D eigenvalue weighted by Crippen LogP contribution is 2.14. The fraction of sp³-hybridized carbons (Fsp3) is 0.926. The van der Waals surface area contributed by atoms with E-state index >= 15 is 0 Å². The van der Waals surface area contributed by atoms with Gasteiger partial charge in [0.2, 0.25) is 0 Å². The number of hydrogen-bond donors (Lipinski definition) is 4. The van der Waals surface area contributed by atoms with Crippen molar-refractivity contribution in [2.75, 3.05) is 108 Å². The lowest BCUT2D eigenvalue weighted by Gasteiger charge is -2.39. The summed E-state index contributed by atoms with van der Waals surface area (Å²) in [6.45, 7) is 9.60. The van der Waals surface area contributed by atoms with Crippen LogP contribution in [0.1, 0.15) is 194 Å².